The molecule has 0 aliphatic rings. The number of sulfonamides is 1. The van der Waals surface area contributed by atoms with Gasteiger partial charge in [-0.05, 0) is 24.3 Å². The number of pyridine rings is 1. The Bertz CT molecular complexity index is 794. The van der Waals surface area contributed by atoms with Gasteiger partial charge in [-0.25, -0.2) is 13.4 Å². The van der Waals surface area contributed by atoms with E-state index >= 15 is 0 Å². The number of aromatic nitrogens is 1. The van der Waals surface area contributed by atoms with Gasteiger partial charge in [0.25, 0.3) is 10.0 Å². The molecule has 0 bridgehead atoms. The fraction of sp³-hybridized carbons (Fsp3) is 0.312. The van der Waals surface area contributed by atoms with Crippen molar-refractivity contribution in [3.8, 4) is 11.5 Å². The van der Waals surface area contributed by atoms with Crippen molar-refractivity contribution in [2.24, 2.45) is 0 Å². The monoisotopic (exact) mass is 367 g/mol. The molecule has 1 aromatic carbocycles. The number of anilines is 2. The summed E-state index contributed by atoms with van der Waals surface area (Å²) < 4.78 is 42.9. The predicted molar refractivity (Wildman–Crippen MR) is 95.0 cm³/mol. The molecule has 0 saturated heterocycles. The number of benzene rings is 1. The van der Waals surface area contributed by atoms with Crippen LogP contribution >= 0.6 is 0 Å². The number of hydrogen-bond donors (Lipinski definition) is 2. The highest BCUT2D eigenvalue weighted by molar-refractivity contribution is 7.92. The van der Waals surface area contributed by atoms with Crippen molar-refractivity contribution in [3.63, 3.8) is 0 Å². The van der Waals surface area contributed by atoms with E-state index in [-0.39, 0.29) is 10.6 Å². The van der Waals surface area contributed by atoms with Crippen LogP contribution in [0, 0.1) is 0 Å². The minimum Gasteiger partial charge on any atom is -0.497 e. The molecule has 0 saturated carbocycles. The van der Waals surface area contributed by atoms with Crippen molar-refractivity contribution in [2.45, 2.75) is 4.90 Å². The van der Waals surface area contributed by atoms with E-state index in [0.29, 0.717) is 30.4 Å². The van der Waals surface area contributed by atoms with E-state index in [2.05, 4.69) is 15.0 Å². The Morgan fingerprint density at radius 1 is 1.08 bits per heavy atom. The Morgan fingerprint density at radius 3 is 2.48 bits per heavy atom. The average molecular weight is 367 g/mol. The molecule has 0 fully saturated rings. The Labute approximate surface area is 147 Å². The van der Waals surface area contributed by atoms with Crippen LogP contribution in [0.3, 0.4) is 0 Å². The van der Waals surface area contributed by atoms with E-state index in [1.54, 1.807) is 25.3 Å². The second-order valence-electron chi connectivity index (χ2n) is 4.97. The minimum absolute atomic E-state index is 0.0170. The summed E-state index contributed by atoms with van der Waals surface area (Å²) in [6.07, 6.45) is 1.43. The fourth-order valence-corrected chi connectivity index (χ4v) is 3.27. The molecule has 0 radical (unpaired) electrons. The van der Waals surface area contributed by atoms with E-state index in [9.17, 15) is 8.42 Å². The van der Waals surface area contributed by atoms with Gasteiger partial charge in [0, 0.05) is 19.7 Å². The van der Waals surface area contributed by atoms with Gasteiger partial charge in [0.2, 0.25) is 0 Å². The van der Waals surface area contributed by atoms with Crippen LogP contribution in [0.2, 0.25) is 0 Å². The van der Waals surface area contributed by atoms with Crippen molar-refractivity contribution in [1.29, 1.82) is 0 Å². The van der Waals surface area contributed by atoms with Gasteiger partial charge in [-0.15, -0.1) is 0 Å². The molecule has 0 aliphatic heterocycles. The van der Waals surface area contributed by atoms with Crippen LogP contribution in [0.25, 0.3) is 0 Å². The molecule has 2 rings (SSSR count). The number of hydrogen-bond acceptors (Lipinski definition) is 7. The lowest BCUT2D eigenvalue weighted by Gasteiger charge is -2.13. The summed E-state index contributed by atoms with van der Waals surface area (Å²) in [7, 11) is 0.622. The van der Waals surface area contributed by atoms with Gasteiger partial charge in [0.05, 0.1) is 32.7 Å². The molecule has 8 nitrogen and oxygen atoms in total. The molecule has 2 N–H and O–H groups in total. The number of nitrogens with zero attached hydrogens (tertiary/aromatic N) is 1. The molecule has 2 aromatic rings. The lowest BCUT2D eigenvalue weighted by Crippen LogP contribution is -2.15. The van der Waals surface area contributed by atoms with Gasteiger partial charge in [0.1, 0.15) is 22.2 Å². The van der Waals surface area contributed by atoms with Crippen LogP contribution in [0.15, 0.2) is 41.4 Å². The van der Waals surface area contributed by atoms with Gasteiger partial charge in [-0.1, -0.05) is 0 Å². The normalized spacial score (nSPS) is 11.0. The summed E-state index contributed by atoms with van der Waals surface area (Å²) in [5, 5.41) is 3.05. The molecule has 0 atom stereocenters. The van der Waals surface area contributed by atoms with Gasteiger partial charge in [-0.3, -0.25) is 4.72 Å². The van der Waals surface area contributed by atoms with Crippen molar-refractivity contribution < 1.29 is 22.6 Å². The Morgan fingerprint density at radius 2 is 1.88 bits per heavy atom. The number of ether oxygens (including phenoxy) is 3. The van der Waals surface area contributed by atoms with Crippen LogP contribution in [0.5, 0.6) is 11.5 Å². The summed E-state index contributed by atoms with van der Waals surface area (Å²) in [6.45, 7) is 1.15. The van der Waals surface area contributed by atoms with Gasteiger partial charge in [-0.2, -0.15) is 0 Å². The molecule has 9 heteroatoms. The highest BCUT2D eigenvalue weighted by Gasteiger charge is 2.21. The number of methoxy groups -OCH3 is 3. The van der Waals surface area contributed by atoms with Crippen LogP contribution in [0.1, 0.15) is 0 Å². The van der Waals surface area contributed by atoms with E-state index in [0.717, 1.165) is 0 Å². The smallest absolute Gasteiger partial charge is 0.265 e. The Balaban J connectivity index is 2.18. The summed E-state index contributed by atoms with van der Waals surface area (Å²) in [5.74, 6) is 1.26. The summed E-state index contributed by atoms with van der Waals surface area (Å²) in [4.78, 5) is 4.14. The van der Waals surface area contributed by atoms with Crippen molar-refractivity contribution in [1.82, 2.24) is 4.98 Å². The highest BCUT2D eigenvalue weighted by atomic mass is 32.2. The largest absolute Gasteiger partial charge is 0.497 e. The average Bonchev–Trinajstić information content (AvgIpc) is 2.62. The topological polar surface area (TPSA) is 98.8 Å². The number of nitrogens with one attached hydrogen (secondary N) is 2. The zero-order chi connectivity index (χ0) is 18.3. The van der Waals surface area contributed by atoms with Crippen LogP contribution in [-0.2, 0) is 14.8 Å². The lowest BCUT2D eigenvalue weighted by atomic mass is 10.3. The third-order valence-corrected chi connectivity index (χ3v) is 4.69. The maximum Gasteiger partial charge on any atom is 0.265 e. The first-order chi connectivity index (χ1) is 12.0. The molecule has 0 aliphatic carbocycles. The van der Waals surface area contributed by atoms with Gasteiger partial charge < -0.3 is 19.5 Å². The molecule has 136 valence electrons. The van der Waals surface area contributed by atoms with E-state index in [1.165, 1.54) is 32.5 Å². The van der Waals surface area contributed by atoms with Crippen LogP contribution < -0.4 is 19.5 Å². The van der Waals surface area contributed by atoms with Crippen molar-refractivity contribution in [3.05, 3.63) is 36.5 Å². The van der Waals surface area contributed by atoms with Crippen LogP contribution in [-0.4, -0.2) is 47.9 Å². The lowest BCUT2D eigenvalue weighted by molar-refractivity contribution is 0.210. The van der Waals surface area contributed by atoms with Crippen LogP contribution in [0.4, 0.5) is 11.5 Å². The quantitative estimate of drug-likeness (QED) is 0.654. The molecule has 25 heavy (non-hydrogen) atoms. The van der Waals surface area contributed by atoms with Gasteiger partial charge in [0.15, 0.2) is 0 Å². The molecular formula is C16H21N3O5S. The molecule has 1 aromatic heterocycles. The highest BCUT2D eigenvalue weighted by Crippen LogP contribution is 2.29. The van der Waals surface area contributed by atoms with E-state index in [1.807, 2.05) is 0 Å². The third-order valence-electron chi connectivity index (χ3n) is 3.29. The first-order valence-corrected chi connectivity index (χ1v) is 8.92. The first kappa shape index (κ1) is 18.8. The summed E-state index contributed by atoms with van der Waals surface area (Å²) >= 11 is 0. The SMILES string of the molecule is COCCNc1ccc(NS(=O)(=O)c2cc(OC)ccc2OC)cn1. The molecular weight excluding hydrogens is 346 g/mol. The third kappa shape index (κ3) is 4.97. The predicted octanol–water partition coefficient (Wildman–Crippen LogP) is 1.96. The zero-order valence-corrected chi connectivity index (χ0v) is 15.1. The second-order valence-corrected chi connectivity index (χ2v) is 6.62. The molecule has 0 spiro atoms. The Hall–Kier alpha value is -2.52. The maximum absolute atomic E-state index is 12.6. The molecule has 0 unspecified atom stereocenters. The molecule has 1 heterocycles. The fourth-order valence-electron chi connectivity index (χ4n) is 2.04. The van der Waals surface area contributed by atoms with E-state index < -0.39 is 10.0 Å². The van der Waals surface area contributed by atoms with Crippen molar-refractivity contribution in [2.75, 3.05) is 44.5 Å². The zero-order valence-electron chi connectivity index (χ0n) is 14.3. The second kappa shape index (κ2) is 8.54. The maximum atomic E-state index is 12.6. The minimum atomic E-state index is -3.86. The first-order valence-electron chi connectivity index (χ1n) is 7.44. The summed E-state index contributed by atoms with van der Waals surface area (Å²) in [6, 6.07) is 7.85. The Kier molecular flexibility index (Phi) is 6.43. The summed E-state index contributed by atoms with van der Waals surface area (Å²) in [5.41, 5.74) is 0.335. The number of rotatable bonds is 9. The van der Waals surface area contributed by atoms with Gasteiger partial charge >= 0.3 is 0 Å². The van der Waals surface area contributed by atoms with Crippen molar-refractivity contribution >= 4 is 21.5 Å². The van der Waals surface area contributed by atoms with E-state index in [4.69, 9.17) is 14.2 Å². The molecule has 0 amide bonds. The standard InChI is InChI=1S/C16H21N3O5S/c1-22-9-8-17-16-7-4-12(11-18-16)19-25(20,21)15-10-13(23-2)5-6-14(15)24-3/h4-7,10-11,19H,8-9H2,1-3H3,(H,17,18).